The van der Waals surface area contributed by atoms with Gasteiger partial charge in [0.05, 0.1) is 29.0 Å². The summed E-state index contributed by atoms with van der Waals surface area (Å²) in [6.07, 6.45) is 3.74. The standard InChI is InChI=1S/C24H25ClFN5O3/c1-3-4-11-34-24(33)30-9-7-29(8-10-30)23(32)17-5-6-19-20(25)13-21(28-22(19)12-17)18-14-27-31(15-18)16(2)26/h3,5-6,12-16H,1,4,7-11H2,2H3. The van der Waals surface area contributed by atoms with E-state index in [-0.39, 0.29) is 12.0 Å². The fourth-order valence-electron chi connectivity index (χ4n) is 3.73. The van der Waals surface area contributed by atoms with Crippen molar-refractivity contribution in [2.75, 3.05) is 32.8 Å². The van der Waals surface area contributed by atoms with Gasteiger partial charge in [-0.1, -0.05) is 23.7 Å². The fraction of sp³-hybridized carbons (Fsp3) is 0.333. The molecule has 3 heterocycles. The summed E-state index contributed by atoms with van der Waals surface area (Å²) < 4.78 is 19.9. The molecule has 2 aromatic heterocycles. The first-order valence-corrected chi connectivity index (χ1v) is 11.4. The first kappa shape index (κ1) is 23.7. The molecule has 1 aromatic carbocycles. The van der Waals surface area contributed by atoms with Gasteiger partial charge in [0.2, 0.25) is 0 Å². The maximum atomic E-state index is 13.5. The van der Waals surface area contributed by atoms with Crippen LogP contribution in [0.25, 0.3) is 22.2 Å². The molecular weight excluding hydrogens is 461 g/mol. The summed E-state index contributed by atoms with van der Waals surface area (Å²) in [6, 6.07) is 6.88. The number of fused-ring (bicyclic) bond motifs is 1. The van der Waals surface area contributed by atoms with E-state index >= 15 is 0 Å². The molecular formula is C24H25ClFN5O3. The lowest BCUT2D eigenvalue weighted by Gasteiger charge is -2.34. The Kier molecular flexibility index (Phi) is 7.12. The molecule has 0 bridgehead atoms. The monoisotopic (exact) mass is 485 g/mol. The Morgan fingerprint density at radius 2 is 1.97 bits per heavy atom. The number of hydrogen-bond acceptors (Lipinski definition) is 5. The summed E-state index contributed by atoms with van der Waals surface area (Å²) in [5.41, 5.74) is 2.20. The number of nitrogens with zero attached hydrogens (tertiary/aromatic N) is 5. The second kappa shape index (κ2) is 10.2. The highest BCUT2D eigenvalue weighted by Gasteiger charge is 2.26. The number of rotatable bonds is 6. The molecule has 0 saturated carbocycles. The molecule has 0 spiro atoms. The van der Waals surface area contributed by atoms with Gasteiger partial charge in [0.15, 0.2) is 6.30 Å². The van der Waals surface area contributed by atoms with Gasteiger partial charge in [0.25, 0.3) is 5.91 Å². The summed E-state index contributed by atoms with van der Waals surface area (Å²) >= 11 is 6.46. The number of alkyl halides is 1. The van der Waals surface area contributed by atoms with Crippen LogP contribution in [0.2, 0.25) is 5.02 Å². The molecule has 1 aliphatic rings. The maximum Gasteiger partial charge on any atom is 0.409 e. The second-order valence-corrected chi connectivity index (χ2v) is 8.38. The lowest BCUT2D eigenvalue weighted by molar-refractivity contribution is 0.0564. The van der Waals surface area contributed by atoms with Gasteiger partial charge < -0.3 is 14.5 Å². The highest BCUT2D eigenvalue weighted by molar-refractivity contribution is 6.35. The Balaban J connectivity index is 1.49. The zero-order valence-electron chi connectivity index (χ0n) is 18.8. The van der Waals surface area contributed by atoms with Crippen LogP contribution in [-0.2, 0) is 4.74 Å². The molecule has 2 amide bonds. The maximum absolute atomic E-state index is 13.5. The quantitative estimate of drug-likeness (QED) is 0.373. The van der Waals surface area contributed by atoms with Crippen molar-refractivity contribution in [3.05, 3.63) is 59.9 Å². The van der Waals surface area contributed by atoms with Gasteiger partial charge in [0, 0.05) is 48.9 Å². The minimum Gasteiger partial charge on any atom is -0.449 e. The summed E-state index contributed by atoms with van der Waals surface area (Å²) in [5, 5.41) is 5.19. The van der Waals surface area contributed by atoms with E-state index in [0.717, 1.165) is 0 Å². The molecule has 0 radical (unpaired) electrons. The number of benzene rings is 1. The molecule has 1 fully saturated rings. The van der Waals surface area contributed by atoms with E-state index in [9.17, 15) is 14.0 Å². The Hall–Kier alpha value is -3.46. The van der Waals surface area contributed by atoms with Crippen LogP contribution < -0.4 is 0 Å². The van der Waals surface area contributed by atoms with E-state index in [1.54, 1.807) is 46.3 Å². The van der Waals surface area contributed by atoms with E-state index in [2.05, 4.69) is 16.7 Å². The Morgan fingerprint density at radius 3 is 2.65 bits per heavy atom. The molecule has 178 valence electrons. The highest BCUT2D eigenvalue weighted by Crippen LogP contribution is 2.29. The zero-order chi connectivity index (χ0) is 24.2. The van der Waals surface area contributed by atoms with Crippen molar-refractivity contribution in [2.24, 2.45) is 0 Å². The third-order valence-corrected chi connectivity index (χ3v) is 5.95. The Bertz CT molecular complexity index is 1220. The molecule has 1 aliphatic heterocycles. The average Bonchev–Trinajstić information content (AvgIpc) is 3.34. The minimum atomic E-state index is -1.26. The average molecular weight is 486 g/mol. The predicted octanol–water partition coefficient (Wildman–Crippen LogP) is 4.71. The first-order chi connectivity index (χ1) is 16.4. The third-order valence-electron chi connectivity index (χ3n) is 5.64. The molecule has 10 heteroatoms. The SMILES string of the molecule is C=CCCOC(=O)N1CCN(C(=O)c2ccc3c(Cl)cc(-c4cnn(C(C)F)c4)nc3c2)CC1. The van der Waals surface area contributed by atoms with Gasteiger partial charge in [0.1, 0.15) is 0 Å². The van der Waals surface area contributed by atoms with Gasteiger partial charge in [-0.25, -0.2) is 18.9 Å². The number of halogens is 2. The topological polar surface area (TPSA) is 80.6 Å². The number of pyridine rings is 1. The van der Waals surface area contributed by atoms with Gasteiger partial charge in [-0.05, 0) is 31.5 Å². The normalized spacial score (nSPS) is 14.8. The second-order valence-electron chi connectivity index (χ2n) is 7.98. The number of piperazine rings is 1. The first-order valence-electron chi connectivity index (χ1n) is 11.0. The number of carbonyl (C=O) groups is 2. The van der Waals surface area contributed by atoms with Crippen LogP contribution in [0.1, 0.15) is 30.0 Å². The van der Waals surface area contributed by atoms with Crippen molar-refractivity contribution in [3.8, 4) is 11.3 Å². The number of carbonyl (C=O) groups excluding carboxylic acids is 2. The predicted molar refractivity (Wildman–Crippen MR) is 127 cm³/mol. The van der Waals surface area contributed by atoms with Crippen molar-refractivity contribution < 1.29 is 18.7 Å². The van der Waals surface area contributed by atoms with Crippen LogP contribution in [0.15, 0.2) is 49.3 Å². The zero-order valence-corrected chi connectivity index (χ0v) is 19.5. The Morgan fingerprint density at radius 1 is 1.24 bits per heavy atom. The number of amides is 2. The summed E-state index contributed by atoms with van der Waals surface area (Å²) in [6.45, 7) is 6.90. The van der Waals surface area contributed by atoms with Crippen LogP contribution in [-0.4, -0.2) is 69.4 Å². The number of ether oxygens (including phenoxy) is 1. The van der Waals surface area contributed by atoms with E-state index in [1.807, 2.05) is 0 Å². The lowest BCUT2D eigenvalue weighted by atomic mass is 10.1. The molecule has 34 heavy (non-hydrogen) atoms. The van der Waals surface area contributed by atoms with Gasteiger partial charge in [-0.15, -0.1) is 6.58 Å². The number of hydrogen-bond donors (Lipinski definition) is 0. The molecule has 8 nitrogen and oxygen atoms in total. The van der Waals surface area contributed by atoms with Crippen molar-refractivity contribution in [1.29, 1.82) is 0 Å². The van der Waals surface area contributed by atoms with E-state index < -0.39 is 6.30 Å². The molecule has 1 atom stereocenters. The largest absolute Gasteiger partial charge is 0.449 e. The number of aromatic nitrogens is 3. The molecule has 4 rings (SSSR count). The van der Waals surface area contributed by atoms with Crippen LogP contribution in [0.4, 0.5) is 9.18 Å². The molecule has 0 N–H and O–H groups in total. The van der Waals surface area contributed by atoms with Crippen molar-refractivity contribution in [2.45, 2.75) is 19.6 Å². The van der Waals surface area contributed by atoms with Gasteiger partial charge in [-0.3, -0.25) is 4.79 Å². The lowest BCUT2D eigenvalue weighted by Crippen LogP contribution is -2.50. The fourth-order valence-corrected chi connectivity index (χ4v) is 3.99. The summed E-state index contributed by atoms with van der Waals surface area (Å²) in [5.74, 6) is -0.149. The van der Waals surface area contributed by atoms with Crippen LogP contribution in [0.3, 0.4) is 0 Å². The van der Waals surface area contributed by atoms with Gasteiger partial charge in [-0.2, -0.15) is 5.10 Å². The minimum absolute atomic E-state index is 0.149. The molecule has 3 aromatic rings. The van der Waals surface area contributed by atoms with Crippen LogP contribution >= 0.6 is 11.6 Å². The van der Waals surface area contributed by atoms with E-state index in [1.165, 1.54) is 17.8 Å². The van der Waals surface area contributed by atoms with E-state index in [0.29, 0.717) is 72.0 Å². The van der Waals surface area contributed by atoms with Crippen molar-refractivity contribution in [1.82, 2.24) is 24.6 Å². The smallest absolute Gasteiger partial charge is 0.409 e. The summed E-state index contributed by atoms with van der Waals surface area (Å²) in [7, 11) is 0. The molecule has 1 unspecified atom stereocenters. The van der Waals surface area contributed by atoms with Gasteiger partial charge >= 0.3 is 6.09 Å². The van der Waals surface area contributed by atoms with Crippen molar-refractivity contribution in [3.63, 3.8) is 0 Å². The van der Waals surface area contributed by atoms with Crippen molar-refractivity contribution >= 4 is 34.5 Å². The van der Waals surface area contributed by atoms with Crippen LogP contribution in [0, 0.1) is 0 Å². The third kappa shape index (κ3) is 5.04. The highest BCUT2D eigenvalue weighted by atomic mass is 35.5. The summed E-state index contributed by atoms with van der Waals surface area (Å²) in [4.78, 5) is 33.1. The Labute approximate surface area is 201 Å². The molecule has 0 aliphatic carbocycles. The van der Waals surface area contributed by atoms with Crippen LogP contribution in [0.5, 0.6) is 0 Å². The molecule has 1 saturated heterocycles. The van der Waals surface area contributed by atoms with E-state index in [4.69, 9.17) is 16.3 Å².